The van der Waals surface area contributed by atoms with E-state index < -0.39 is 0 Å². The van der Waals surface area contributed by atoms with Gasteiger partial charge in [-0.15, -0.1) is 11.3 Å². The van der Waals surface area contributed by atoms with E-state index >= 15 is 0 Å². The van der Waals surface area contributed by atoms with E-state index in [9.17, 15) is 0 Å². The molecule has 1 aliphatic rings. The first kappa shape index (κ1) is 10.1. The Kier molecular flexibility index (Phi) is 3.21. The molecule has 0 saturated heterocycles. The zero-order valence-corrected chi connectivity index (χ0v) is 9.44. The smallest absolute Gasteiger partial charge is 0.0302 e. The number of hydrogen-bond acceptors (Lipinski definition) is 3. The molecule has 1 heterocycles. The van der Waals surface area contributed by atoms with Crippen LogP contribution in [0, 0.1) is 12.8 Å². The molecule has 3 heteroatoms. The average Bonchev–Trinajstić information content (AvgIpc) is 2.49. The van der Waals surface area contributed by atoms with Crippen LogP contribution in [-0.2, 0) is 6.54 Å². The summed E-state index contributed by atoms with van der Waals surface area (Å²) in [6.07, 6.45) is 2.41. The number of rotatable bonds is 4. The van der Waals surface area contributed by atoms with Gasteiger partial charge >= 0.3 is 0 Å². The molecule has 0 atom stereocenters. The third kappa shape index (κ3) is 2.35. The van der Waals surface area contributed by atoms with Crippen molar-refractivity contribution in [2.45, 2.75) is 32.4 Å². The lowest BCUT2D eigenvalue weighted by Gasteiger charge is -2.32. The molecular formula is C11H18N2S. The van der Waals surface area contributed by atoms with E-state index in [0.717, 1.165) is 19.0 Å². The molecule has 1 aromatic heterocycles. The van der Waals surface area contributed by atoms with Crippen molar-refractivity contribution >= 4 is 11.3 Å². The van der Waals surface area contributed by atoms with Crippen LogP contribution in [0.5, 0.6) is 0 Å². The van der Waals surface area contributed by atoms with Gasteiger partial charge in [0.25, 0.3) is 0 Å². The van der Waals surface area contributed by atoms with E-state index in [-0.39, 0.29) is 0 Å². The topological polar surface area (TPSA) is 38.0 Å². The summed E-state index contributed by atoms with van der Waals surface area (Å²) < 4.78 is 0. The van der Waals surface area contributed by atoms with Crippen molar-refractivity contribution in [3.63, 3.8) is 0 Å². The van der Waals surface area contributed by atoms with Crippen molar-refractivity contribution in [1.82, 2.24) is 5.32 Å². The van der Waals surface area contributed by atoms with Crippen LogP contribution >= 0.6 is 11.3 Å². The van der Waals surface area contributed by atoms with E-state index in [1.165, 1.54) is 23.3 Å². The SMILES string of the molecule is Cc1ccsc1CNCC1CC(N)C1. The van der Waals surface area contributed by atoms with Crippen molar-refractivity contribution in [2.24, 2.45) is 11.7 Å². The van der Waals surface area contributed by atoms with Gasteiger partial charge in [0.15, 0.2) is 0 Å². The van der Waals surface area contributed by atoms with Gasteiger partial charge in [-0.3, -0.25) is 0 Å². The Morgan fingerprint density at radius 3 is 2.93 bits per heavy atom. The normalized spacial score (nSPS) is 26.1. The minimum absolute atomic E-state index is 0.477. The van der Waals surface area contributed by atoms with Gasteiger partial charge in [-0.2, -0.15) is 0 Å². The monoisotopic (exact) mass is 210 g/mol. The van der Waals surface area contributed by atoms with Gasteiger partial charge in [-0.1, -0.05) is 0 Å². The largest absolute Gasteiger partial charge is 0.328 e. The maximum Gasteiger partial charge on any atom is 0.0302 e. The molecule has 0 radical (unpaired) electrons. The van der Waals surface area contributed by atoms with Crippen molar-refractivity contribution in [2.75, 3.05) is 6.54 Å². The van der Waals surface area contributed by atoms with Crippen molar-refractivity contribution < 1.29 is 0 Å². The average molecular weight is 210 g/mol. The van der Waals surface area contributed by atoms with E-state index in [1.807, 2.05) is 11.3 Å². The van der Waals surface area contributed by atoms with Gasteiger partial charge in [-0.05, 0) is 49.2 Å². The minimum atomic E-state index is 0.477. The molecule has 3 N–H and O–H groups in total. The maximum absolute atomic E-state index is 5.73. The first-order valence-corrected chi connectivity index (χ1v) is 6.13. The molecule has 0 aromatic carbocycles. The summed E-state index contributed by atoms with van der Waals surface area (Å²) in [5.41, 5.74) is 7.14. The summed E-state index contributed by atoms with van der Waals surface area (Å²) in [6.45, 7) is 4.33. The fourth-order valence-corrected chi connectivity index (χ4v) is 2.80. The third-order valence-corrected chi connectivity index (χ3v) is 3.98. The number of aryl methyl sites for hydroxylation is 1. The van der Waals surface area contributed by atoms with Gasteiger partial charge in [0, 0.05) is 17.5 Å². The second kappa shape index (κ2) is 4.43. The highest BCUT2D eigenvalue weighted by atomic mass is 32.1. The summed E-state index contributed by atoms with van der Waals surface area (Å²) in [5, 5.41) is 5.66. The van der Waals surface area contributed by atoms with Crippen molar-refractivity contribution in [3.05, 3.63) is 21.9 Å². The molecule has 0 amide bonds. The minimum Gasteiger partial charge on any atom is -0.328 e. The number of nitrogens with two attached hydrogens (primary N) is 1. The van der Waals surface area contributed by atoms with Crippen LogP contribution in [0.15, 0.2) is 11.4 Å². The molecule has 1 saturated carbocycles. The first-order valence-electron chi connectivity index (χ1n) is 5.25. The summed E-state index contributed by atoms with van der Waals surface area (Å²) in [4.78, 5) is 1.47. The second-order valence-corrected chi connectivity index (χ2v) is 5.26. The highest BCUT2D eigenvalue weighted by Crippen LogP contribution is 2.24. The van der Waals surface area contributed by atoms with Gasteiger partial charge in [0.05, 0.1) is 0 Å². The third-order valence-electron chi connectivity index (χ3n) is 2.96. The molecule has 78 valence electrons. The van der Waals surface area contributed by atoms with E-state index in [2.05, 4.69) is 23.7 Å². The van der Waals surface area contributed by atoms with Crippen LogP contribution in [0.1, 0.15) is 23.3 Å². The molecule has 0 aliphatic heterocycles. The Morgan fingerprint density at radius 1 is 1.57 bits per heavy atom. The van der Waals surface area contributed by atoms with Crippen LogP contribution in [0.2, 0.25) is 0 Å². The molecule has 0 bridgehead atoms. The predicted molar refractivity (Wildman–Crippen MR) is 61.5 cm³/mol. The molecule has 0 unspecified atom stereocenters. The maximum atomic E-state index is 5.73. The highest BCUT2D eigenvalue weighted by molar-refractivity contribution is 7.10. The fraction of sp³-hybridized carbons (Fsp3) is 0.636. The Hall–Kier alpha value is -0.380. The molecule has 2 nitrogen and oxygen atoms in total. The van der Waals surface area contributed by atoms with Gasteiger partial charge in [0.1, 0.15) is 0 Å². The number of thiophene rings is 1. The van der Waals surface area contributed by atoms with Crippen molar-refractivity contribution in [3.8, 4) is 0 Å². The lowest BCUT2D eigenvalue weighted by molar-refractivity contribution is 0.256. The molecule has 0 spiro atoms. The van der Waals surface area contributed by atoms with Crippen LogP contribution in [0.3, 0.4) is 0 Å². The van der Waals surface area contributed by atoms with Crippen molar-refractivity contribution in [1.29, 1.82) is 0 Å². The summed E-state index contributed by atoms with van der Waals surface area (Å²) in [5.74, 6) is 0.824. The lowest BCUT2D eigenvalue weighted by atomic mass is 9.81. The molecule has 14 heavy (non-hydrogen) atoms. The second-order valence-electron chi connectivity index (χ2n) is 4.26. The fourth-order valence-electron chi connectivity index (χ4n) is 1.93. The van der Waals surface area contributed by atoms with Gasteiger partial charge in [-0.25, -0.2) is 0 Å². The van der Waals surface area contributed by atoms with Gasteiger partial charge in [0.2, 0.25) is 0 Å². The quantitative estimate of drug-likeness (QED) is 0.796. The van der Waals surface area contributed by atoms with Crippen LogP contribution in [-0.4, -0.2) is 12.6 Å². The van der Waals surface area contributed by atoms with E-state index in [1.54, 1.807) is 0 Å². The summed E-state index contributed by atoms with van der Waals surface area (Å²) in [7, 11) is 0. The van der Waals surface area contributed by atoms with Gasteiger partial charge < -0.3 is 11.1 Å². The first-order chi connectivity index (χ1) is 6.75. The molecule has 1 aromatic rings. The molecular weight excluding hydrogens is 192 g/mol. The molecule has 2 rings (SSSR count). The van der Waals surface area contributed by atoms with E-state index in [4.69, 9.17) is 5.73 Å². The predicted octanol–water partition coefficient (Wildman–Crippen LogP) is 1.88. The van der Waals surface area contributed by atoms with Crippen LogP contribution in [0.25, 0.3) is 0 Å². The molecule has 1 aliphatic carbocycles. The zero-order chi connectivity index (χ0) is 9.97. The Morgan fingerprint density at radius 2 is 2.36 bits per heavy atom. The summed E-state index contributed by atoms with van der Waals surface area (Å²) >= 11 is 1.84. The number of nitrogens with one attached hydrogen (secondary N) is 1. The number of hydrogen-bond donors (Lipinski definition) is 2. The van der Waals surface area contributed by atoms with Crippen LogP contribution < -0.4 is 11.1 Å². The highest BCUT2D eigenvalue weighted by Gasteiger charge is 2.24. The van der Waals surface area contributed by atoms with E-state index in [0.29, 0.717) is 6.04 Å². The zero-order valence-electron chi connectivity index (χ0n) is 8.62. The Bertz CT molecular complexity index is 289. The standard InChI is InChI=1S/C11H18N2S/c1-8-2-3-14-11(8)7-13-6-9-4-10(12)5-9/h2-3,9-10,13H,4-7,12H2,1H3. The lowest BCUT2D eigenvalue weighted by Crippen LogP contribution is -2.41. The van der Waals surface area contributed by atoms with Crippen LogP contribution in [0.4, 0.5) is 0 Å². The molecule has 1 fully saturated rings. The Labute approximate surface area is 89.5 Å². The summed E-state index contributed by atoms with van der Waals surface area (Å²) in [6, 6.07) is 2.66. The Balaban J connectivity index is 1.66.